The Morgan fingerprint density at radius 3 is 2.28 bits per heavy atom. The topological polar surface area (TPSA) is 48.0 Å². The Hall–Kier alpha value is -0.810. The van der Waals surface area contributed by atoms with E-state index in [1.165, 1.54) is 0 Å². The number of carbonyl (C=O) groups excluding carboxylic acids is 1. The average molecular weight is 261 g/mol. The smallest absolute Gasteiger partial charge is 0.409 e. The summed E-state index contributed by atoms with van der Waals surface area (Å²) in [5.41, 5.74) is 0. The highest BCUT2D eigenvalue weighted by Gasteiger charge is 2.13. The van der Waals surface area contributed by atoms with Gasteiger partial charge in [0.25, 0.3) is 0 Å². The first-order valence-corrected chi connectivity index (χ1v) is 6.76. The summed E-state index contributed by atoms with van der Waals surface area (Å²) in [6.07, 6.45) is 2.05. The molecule has 0 saturated heterocycles. The second kappa shape index (κ2) is 11.3. The van der Waals surface area contributed by atoms with E-state index in [0.717, 1.165) is 12.8 Å². The van der Waals surface area contributed by atoms with E-state index in [1.807, 2.05) is 13.8 Å². The molecule has 0 saturated carbocycles. The van der Waals surface area contributed by atoms with Crippen LogP contribution in [0.25, 0.3) is 0 Å². The molecule has 108 valence electrons. The maximum absolute atomic E-state index is 11.6. The minimum atomic E-state index is -0.282. The standard InChI is InChI=1S/C13H27NO4/c1-5-8-11-18-13(15)14(4)10-9-12(16-6-2)17-7-3/h12H,5-11H2,1-4H3. The van der Waals surface area contributed by atoms with Gasteiger partial charge in [0.1, 0.15) is 0 Å². The van der Waals surface area contributed by atoms with Gasteiger partial charge in [-0.1, -0.05) is 13.3 Å². The minimum absolute atomic E-state index is 0.245. The van der Waals surface area contributed by atoms with Gasteiger partial charge in [0.05, 0.1) is 6.61 Å². The first-order valence-electron chi connectivity index (χ1n) is 6.76. The molecule has 0 aliphatic heterocycles. The van der Waals surface area contributed by atoms with Crippen molar-refractivity contribution >= 4 is 6.09 Å². The third-order valence-corrected chi connectivity index (χ3v) is 2.44. The number of ether oxygens (including phenoxy) is 3. The van der Waals surface area contributed by atoms with Gasteiger partial charge >= 0.3 is 6.09 Å². The molecule has 0 aliphatic carbocycles. The SMILES string of the molecule is CCCCOC(=O)N(C)CCC(OCC)OCC. The molecule has 0 unspecified atom stereocenters. The van der Waals surface area contributed by atoms with Gasteiger partial charge in [-0.3, -0.25) is 0 Å². The molecule has 0 radical (unpaired) electrons. The van der Waals surface area contributed by atoms with Gasteiger partial charge in [-0.25, -0.2) is 4.79 Å². The monoisotopic (exact) mass is 261 g/mol. The minimum Gasteiger partial charge on any atom is -0.449 e. The van der Waals surface area contributed by atoms with E-state index in [0.29, 0.717) is 32.8 Å². The van der Waals surface area contributed by atoms with Crippen molar-refractivity contribution in [1.29, 1.82) is 0 Å². The van der Waals surface area contributed by atoms with Crippen LogP contribution in [0, 0.1) is 0 Å². The molecule has 5 nitrogen and oxygen atoms in total. The van der Waals surface area contributed by atoms with E-state index in [-0.39, 0.29) is 12.4 Å². The Morgan fingerprint density at radius 2 is 1.78 bits per heavy atom. The summed E-state index contributed by atoms with van der Waals surface area (Å²) in [7, 11) is 1.73. The lowest BCUT2D eigenvalue weighted by molar-refractivity contribution is -0.140. The van der Waals surface area contributed by atoms with Crippen molar-refractivity contribution in [2.45, 2.75) is 46.3 Å². The van der Waals surface area contributed by atoms with Crippen molar-refractivity contribution in [2.24, 2.45) is 0 Å². The van der Waals surface area contributed by atoms with Crippen molar-refractivity contribution in [1.82, 2.24) is 4.90 Å². The zero-order chi connectivity index (χ0) is 13.8. The maximum atomic E-state index is 11.6. The maximum Gasteiger partial charge on any atom is 0.409 e. The number of nitrogens with zero attached hydrogens (tertiary/aromatic N) is 1. The van der Waals surface area contributed by atoms with Gasteiger partial charge in [-0.15, -0.1) is 0 Å². The molecule has 0 fully saturated rings. The van der Waals surface area contributed by atoms with Crippen LogP contribution in [0.1, 0.15) is 40.0 Å². The lowest BCUT2D eigenvalue weighted by Crippen LogP contribution is -2.32. The van der Waals surface area contributed by atoms with Crippen LogP contribution in [-0.4, -0.2) is 50.7 Å². The zero-order valence-corrected chi connectivity index (χ0v) is 12.1. The first-order chi connectivity index (χ1) is 8.65. The highest BCUT2D eigenvalue weighted by molar-refractivity contribution is 5.67. The largest absolute Gasteiger partial charge is 0.449 e. The lowest BCUT2D eigenvalue weighted by atomic mass is 10.4. The molecule has 0 spiro atoms. The fourth-order valence-corrected chi connectivity index (χ4v) is 1.39. The summed E-state index contributed by atoms with van der Waals surface area (Å²) in [6, 6.07) is 0. The molecule has 5 heteroatoms. The normalized spacial score (nSPS) is 10.7. The Balaban J connectivity index is 3.83. The van der Waals surface area contributed by atoms with Crippen LogP contribution < -0.4 is 0 Å². The van der Waals surface area contributed by atoms with E-state index < -0.39 is 0 Å². The molecule has 0 rings (SSSR count). The molecular formula is C13H27NO4. The molecular weight excluding hydrogens is 234 g/mol. The number of unbranched alkanes of at least 4 members (excludes halogenated alkanes) is 1. The van der Waals surface area contributed by atoms with Gasteiger partial charge in [0, 0.05) is 33.2 Å². The zero-order valence-electron chi connectivity index (χ0n) is 12.1. The van der Waals surface area contributed by atoms with Gasteiger partial charge in [-0.2, -0.15) is 0 Å². The van der Waals surface area contributed by atoms with E-state index in [9.17, 15) is 4.79 Å². The summed E-state index contributed by atoms with van der Waals surface area (Å²) in [6.45, 7) is 8.18. The Morgan fingerprint density at radius 1 is 1.17 bits per heavy atom. The molecule has 0 heterocycles. The van der Waals surface area contributed by atoms with Crippen LogP contribution in [0.5, 0.6) is 0 Å². The summed E-state index contributed by atoms with van der Waals surface area (Å²) >= 11 is 0. The molecule has 0 N–H and O–H groups in total. The Bertz CT molecular complexity index is 205. The molecule has 0 bridgehead atoms. The summed E-state index contributed by atoms with van der Waals surface area (Å²) < 4.78 is 15.9. The Kier molecular flexibility index (Phi) is 10.8. The molecule has 1 amide bonds. The molecule has 0 aromatic rings. The van der Waals surface area contributed by atoms with Crippen LogP contribution in [0.2, 0.25) is 0 Å². The van der Waals surface area contributed by atoms with Gasteiger partial charge < -0.3 is 19.1 Å². The number of hydrogen-bond donors (Lipinski definition) is 0. The third kappa shape index (κ3) is 8.31. The number of carbonyl (C=O) groups is 1. The second-order valence-corrected chi connectivity index (χ2v) is 4.02. The highest BCUT2D eigenvalue weighted by Crippen LogP contribution is 2.03. The summed E-state index contributed by atoms with van der Waals surface area (Å²) in [5, 5.41) is 0. The van der Waals surface area contributed by atoms with E-state index >= 15 is 0 Å². The predicted molar refractivity (Wildman–Crippen MR) is 70.5 cm³/mol. The lowest BCUT2D eigenvalue weighted by Gasteiger charge is -2.21. The van der Waals surface area contributed by atoms with Crippen molar-refractivity contribution in [3.8, 4) is 0 Å². The quantitative estimate of drug-likeness (QED) is 0.448. The fraction of sp³-hybridized carbons (Fsp3) is 0.923. The predicted octanol–water partition coefficient (Wildman–Crippen LogP) is 2.64. The molecule has 0 atom stereocenters. The molecule has 0 aromatic carbocycles. The number of amides is 1. The van der Waals surface area contributed by atoms with Crippen LogP contribution in [0.15, 0.2) is 0 Å². The fourth-order valence-electron chi connectivity index (χ4n) is 1.39. The van der Waals surface area contributed by atoms with Gasteiger partial charge in [0.15, 0.2) is 6.29 Å². The van der Waals surface area contributed by atoms with E-state index in [2.05, 4.69) is 6.92 Å². The Labute approximate surface area is 110 Å². The second-order valence-electron chi connectivity index (χ2n) is 4.02. The highest BCUT2D eigenvalue weighted by atomic mass is 16.7. The van der Waals surface area contributed by atoms with E-state index in [1.54, 1.807) is 11.9 Å². The summed E-state index contributed by atoms with van der Waals surface area (Å²) in [4.78, 5) is 13.1. The van der Waals surface area contributed by atoms with Gasteiger partial charge in [0.2, 0.25) is 0 Å². The van der Waals surface area contributed by atoms with Crippen LogP contribution >= 0.6 is 0 Å². The van der Waals surface area contributed by atoms with Crippen LogP contribution in [0.3, 0.4) is 0 Å². The van der Waals surface area contributed by atoms with Crippen LogP contribution in [-0.2, 0) is 14.2 Å². The van der Waals surface area contributed by atoms with E-state index in [4.69, 9.17) is 14.2 Å². The summed E-state index contributed by atoms with van der Waals surface area (Å²) in [5.74, 6) is 0. The van der Waals surface area contributed by atoms with Crippen molar-refractivity contribution in [3.63, 3.8) is 0 Å². The van der Waals surface area contributed by atoms with Crippen molar-refractivity contribution in [3.05, 3.63) is 0 Å². The first kappa shape index (κ1) is 17.2. The number of rotatable bonds is 10. The average Bonchev–Trinajstić information content (AvgIpc) is 2.36. The molecule has 18 heavy (non-hydrogen) atoms. The third-order valence-electron chi connectivity index (χ3n) is 2.44. The van der Waals surface area contributed by atoms with Crippen molar-refractivity contribution < 1.29 is 19.0 Å². The molecule has 0 aromatic heterocycles. The molecule has 0 aliphatic rings. The number of hydrogen-bond acceptors (Lipinski definition) is 4. The van der Waals surface area contributed by atoms with Crippen molar-refractivity contribution in [2.75, 3.05) is 33.4 Å². The van der Waals surface area contributed by atoms with Gasteiger partial charge in [-0.05, 0) is 20.3 Å². The van der Waals surface area contributed by atoms with Crippen LogP contribution in [0.4, 0.5) is 4.79 Å².